The second-order valence-corrected chi connectivity index (χ2v) is 12.0. The third kappa shape index (κ3) is 8.05. The summed E-state index contributed by atoms with van der Waals surface area (Å²) in [7, 11) is 0. The fourth-order valence-corrected chi connectivity index (χ4v) is 6.59. The number of nitrogens with one attached hydrogen (secondary N) is 1. The molecule has 4 aromatic carbocycles. The lowest BCUT2D eigenvalue weighted by atomic mass is 9.91. The Labute approximate surface area is 273 Å². The van der Waals surface area contributed by atoms with Crippen LogP contribution in [0.2, 0.25) is 0 Å². The smallest absolute Gasteiger partial charge is 0.407 e. The zero-order valence-electron chi connectivity index (χ0n) is 25.5. The van der Waals surface area contributed by atoms with Crippen LogP contribution in [0, 0.1) is 5.92 Å². The molecule has 4 unspecified atom stereocenters. The number of rotatable bonds is 12. The number of carboxylic acid groups (broad SMARTS) is 1. The molecule has 0 radical (unpaired) electrons. The Bertz CT molecular complexity index is 1640. The number of hydrogen-bond donors (Lipinski definition) is 3. The summed E-state index contributed by atoms with van der Waals surface area (Å²) in [6, 6.07) is 30.5. The van der Waals surface area contributed by atoms with Gasteiger partial charge in [0, 0.05) is 28.7 Å². The molecule has 1 heterocycles. The fourth-order valence-electron chi connectivity index (χ4n) is 5.38. The van der Waals surface area contributed by atoms with Crippen LogP contribution in [-0.2, 0) is 27.4 Å². The van der Waals surface area contributed by atoms with Crippen molar-refractivity contribution in [2.24, 2.45) is 5.92 Å². The van der Waals surface area contributed by atoms with Crippen LogP contribution in [0.15, 0.2) is 115 Å². The van der Waals surface area contributed by atoms with E-state index in [1.807, 2.05) is 84.9 Å². The maximum atomic E-state index is 12.0. The molecule has 5 rings (SSSR count). The predicted molar refractivity (Wildman–Crippen MR) is 177 cm³/mol. The van der Waals surface area contributed by atoms with Crippen molar-refractivity contribution < 1.29 is 34.0 Å². The Morgan fingerprint density at radius 3 is 2.35 bits per heavy atom. The molecule has 8 nitrogen and oxygen atoms in total. The van der Waals surface area contributed by atoms with Gasteiger partial charge in [-0.3, -0.25) is 0 Å². The van der Waals surface area contributed by atoms with Crippen molar-refractivity contribution in [1.82, 2.24) is 5.32 Å². The van der Waals surface area contributed by atoms with E-state index in [-0.39, 0.29) is 36.9 Å². The van der Waals surface area contributed by atoms with E-state index in [0.29, 0.717) is 17.2 Å². The van der Waals surface area contributed by atoms with Gasteiger partial charge in [0.1, 0.15) is 6.61 Å². The molecule has 238 valence electrons. The Balaban J connectivity index is 1.37. The molecule has 4 atom stereocenters. The first-order chi connectivity index (χ1) is 22.4. The largest absolute Gasteiger partial charge is 0.478 e. The number of carbonyl (C=O) groups excluding carboxylic acids is 1. The van der Waals surface area contributed by atoms with Crippen LogP contribution in [0.25, 0.3) is 11.1 Å². The first-order valence-corrected chi connectivity index (χ1v) is 16.0. The van der Waals surface area contributed by atoms with Gasteiger partial charge in [-0.1, -0.05) is 105 Å². The van der Waals surface area contributed by atoms with Gasteiger partial charge >= 0.3 is 12.1 Å². The van der Waals surface area contributed by atoms with E-state index in [4.69, 9.17) is 14.2 Å². The van der Waals surface area contributed by atoms with Crippen LogP contribution in [0.3, 0.4) is 0 Å². The van der Waals surface area contributed by atoms with E-state index in [0.717, 1.165) is 33.4 Å². The number of aliphatic hydroxyl groups excluding tert-OH is 1. The molecule has 1 amide bonds. The van der Waals surface area contributed by atoms with Crippen molar-refractivity contribution in [1.29, 1.82) is 0 Å². The minimum Gasteiger partial charge on any atom is -0.478 e. The van der Waals surface area contributed by atoms with Crippen molar-refractivity contribution in [3.63, 3.8) is 0 Å². The summed E-state index contributed by atoms with van der Waals surface area (Å²) in [6.07, 6.45) is -0.195. The summed E-state index contributed by atoms with van der Waals surface area (Å²) in [5.74, 6) is -0.476. The Morgan fingerprint density at radius 2 is 1.63 bits per heavy atom. The van der Waals surface area contributed by atoms with Crippen LogP contribution in [0.5, 0.6) is 0 Å². The van der Waals surface area contributed by atoms with Gasteiger partial charge in [-0.2, -0.15) is 0 Å². The molecule has 4 aromatic rings. The molecule has 1 aliphatic rings. The lowest BCUT2D eigenvalue weighted by Crippen LogP contribution is -2.38. The van der Waals surface area contributed by atoms with E-state index in [1.165, 1.54) is 17.8 Å². The first kappa shape index (κ1) is 33.0. The fraction of sp³-hybridized carbons (Fsp3) is 0.243. The van der Waals surface area contributed by atoms with Crippen molar-refractivity contribution >= 4 is 23.8 Å². The van der Waals surface area contributed by atoms with Crippen LogP contribution in [0.4, 0.5) is 4.79 Å². The summed E-state index contributed by atoms with van der Waals surface area (Å²) >= 11 is 1.46. The van der Waals surface area contributed by atoms with E-state index in [2.05, 4.69) is 18.8 Å². The summed E-state index contributed by atoms with van der Waals surface area (Å²) < 4.78 is 18.2. The lowest BCUT2D eigenvalue weighted by Gasteiger charge is -2.41. The van der Waals surface area contributed by atoms with Crippen molar-refractivity contribution in [3.8, 4) is 11.1 Å². The minimum atomic E-state index is -0.964. The minimum absolute atomic E-state index is 0.0414. The van der Waals surface area contributed by atoms with Gasteiger partial charge in [0.15, 0.2) is 6.29 Å². The maximum absolute atomic E-state index is 12.0. The number of thioether (sulfide) groups is 1. The second kappa shape index (κ2) is 15.7. The lowest BCUT2D eigenvalue weighted by molar-refractivity contribution is -0.268. The number of carboxylic acids is 1. The summed E-state index contributed by atoms with van der Waals surface area (Å²) in [4.78, 5) is 24.5. The number of amides is 1. The topological polar surface area (TPSA) is 114 Å². The molecule has 46 heavy (non-hydrogen) atoms. The van der Waals surface area contributed by atoms with Gasteiger partial charge in [0.05, 0.1) is 24.4 Å². The molecule has 0 saturated carbocycles. The Kier molecular flexibility index (Phi) is 11.3. The predicted octanol–water partition coefficient (Wildman–Crippen LogP) is 7.54. The van der Waals surface area contributed by atoms with Crippen molar-refractivity contribution in [3.05, 3.63) is 138 Å². The van der Waals surface area contributed by atoms with Gasteiger partial charge in [0.25, 0.3) is 0 Å². The van der Waals surface area contributed by atoms with Gasteiger partial charge < -0.3 is 29.7 Å². The molecule has 3 N–H and O–H groups in total. The van der Waals surface area contributed by atoms with E-state index < -0.39 is 18.4 Å². The molecular weight excluding hydrogens is 602 g/mol. The Hall–Kier alpha value is -4.41. The molecule has 0 aromatic heterocycles. The van der Waals surface area contributed by atoms with Gasteiger partial charge in [-0.15, -0.1) is 11.8 Å². The zero-order chi connectivity index (χ0) is 32.5. The molecular formula is C37H37NO7S. The highest BCUT2D eigenvalue weighted by atomic mass is 32.2. The average molecular weight is 640 g/mol. The van der Waals surface area contributed by atoms with Crippen LogP contribution < -0.4 is 5.32 Å². The monoisotopic (exact) mass is 639 g/mol. The number of ether oxygens (including phenoxy) is 3. The molecule has 0 bridgehead atoms. The number of hydrogen-bond acceptors (Lipinski definition) is 7. The van der Waals surface area contributed by atoms with Crippen LogP contribution >= 0.6 is 11.8 Å². The number of carbonyl (C=O) groups is 2. The quantitative estimate of drug-likeness (QED) is 0.108. The van der Waals surface area contributed by atoms with Gasteiger partial charge in [0.2, 0.25) is 0 Å². The summed E-state index contributed by atoms with van der Waals surface area (Å²) in [5.41, 5.74) is 5.79. The van der Waals surface area contributed by atoms with E-state index >= 15 is 0 Å². The highest BCUT2D eigenvalue weighted by Crippen LogP contribution is 2.43. The molecule has 1 saturated heterocycles. The van der Waals surface area contributed by atoms with Crippen LogP contribution in [0.1, 0.15) is 51.9 Å². The molecule has 0 spiro atoms. The number of aliphatic hydroxyl groups is 1. The highest BCUT2D eigenvalue weighted by Gasteiger charge is 2.38. The van der Waals surface area contributed by atoms with E-state index in [9.17, 15) is 19.8 Å². The van der Waals surface area contributed by atoms with Gasteiger partial charge in [-0.25, -0.2) is 9.59 Å². The maximum Gasteiger partial charge on any atom is 0.407 e. The first-order valence-electron chi connectivity index (χ1n) is 15.0. The molecule has 0 aliphatic carbocycles. The molecule has 1 fully saturated rings. The van der Waals surface area contributed by atoms with Crippen molar-refractivity contribution in [2.45, 2.75) is 43.5 Å². The van der Waals surface area contributed by atoms with E-state index in [1.54, 1.807) is 12.1 Å². The summed E-state index contributed by atoms with van der Waals surface area (Å²) in [6.45, 7) is 6.05. The second-order valence-electron chi connectivity index (χ2n) is 11.0. The average Bonchev–Trinajstić information content (AvgIpc) is 3.09. The van der Waals surface area contributed by atoms with Crippen LogP contribution in [-0.4, -0.2) is 40.7 Å². The van der Waals surface area contributed by atoms with Crippen molar-refractivity contribution in [2.75, 3.05) is 12.4 Å². The summed E-state index contributed by atoms with van der Waals surface area (Å²) in [5, 5.41) is 22.0. The number of alkyl carbamates (subject to hydrolysis) is 1. The third-order valence-corrected chi connectivity index (χ3v) is 9.07. The van der Waals surface area contributed by atoms with Gasteiger partial charge in [-0.05, 0) is 39.9 Å². The Morgan fingerprint density at radius 1 is 0.935 bits per heavy atom. The highest BCUT2D eigenvalue weighted by molar-refractivity contribution is 7.99. The normalized spacial score (nSPS) is 19.3. The number of aromatic carboxylic acids is 1. The zero-order valence-corrected chi connectivity index (χ0v) is 26.3. The SMILES string of the molecule is C=CCOC(=O)NCc1ccccc1-c1ccc(C2OC(CSc3ccccc3C(=O)O)C(C)C(c3ccc(CO)cc3)O2)cc1. The third-order valence-electron chi connectivity index (χ3n) is 7.91. The number of benzene rings is 4. The molecule has 9 heteroatoms. The standard InChI is InChI=1S/C37H37NO7S/c1-3-20-43-37(42)38-21-29-8-4-5-9-30(29)26-16-18-28(19-17-26)36-44-32(23-46-33-11-7-6-10-31(33)35(40)41)24(2)34(45-36)27-14-12-25(22-39)13-15-27/h3-19,24,32,34,36,39H,1,20-23H2,2H3,(H,38,42)(H,40,41). The molecule has 1 aliphatic heterocycles.